The van der Waals surface area contributed by atoms with E-state index in [1.54, 1.807) is 4.31 Å². The Balaban J connectivity index is 1.45. The molecule has 1 amide bonds. The predicted octanol–water partition coefficient (Wildman–Crippen LogP) is 0.678. The highest BCUT2D eigenvalue weighted by Crippen LogP contribution is 2.42. The number of rotatable bonds is 4. The topological polar surface area (TPSA) is 70.2 Å². The summed E-state index contributed by atoms with van der Waals surface area (Å²) in [6.45, 7) is 4.25. The van der Waals surface area contributed by atoms with Crippen molar-refractivity contribution in [2.45, 2.75) is 38.5 Å². The van der Waals surface area contributed by atoms with Gasteiger partial charge in [0.15, 0.2) is 0 Å². The molecule has 3 aliphatic heterocycles. The zero-order valence-electron chi connectivity index (χ0n) is 14.9. The van der Waals surface area contributed by atoms with E-state index >= 15 is 0 Å². The van der Waals surface area contributed by atoms with Crippen molar-refractivity contribution in [1.82, 2.24) is 13.5 Å². The van der Waals surface area contributed by atoms with Gasteiger partial charge in [-0.1, -0.05) is 6.42 Å². The Labute approximate surface area is 150 Å². The van der Waals surface area contributed by atoms with Gasteiger partial charge in [0.25, 0.3) is 10.2 Å². The lowest BCUT2D eigenvalue weighted by Crippen LogP contribution is -2.53. The van der Waals surface area contributed by atoms with Gasteiger partial charge in [0.1, 0.15) is 0 Å². The maximum Gasteiger partial charge on any atom is 0.282 e. The smallest absolute Gasteiger partial charge is 0.282 e. The normalized spacial score (nSPS) is 33.1. The van der Waals surface area contributed by atoms with Crippen molar-refractivity contribution < 1.29 is 17.9 Å². The molecular formula is C17H29N3O4S. The SMILES string of the molecule is O=C1N(CC2CCC2)CCC[C@]12CCN(S(=O)(=O)N1CCOCC1)C2. The predicted molar refractivity (Wildman–Crippen MR) is 93.1 cm³/mol. The number of morpholine rings is 1. The van der Waals surface area contributed by atoms with E-state index in [-0.39, 0.29) is 5.91 Å². The van der Waals surface area contributed by atoms with Crippen LogP contribution in [0.2, 0.25) is 0 Å². The van der Waals surface area contributed by atoms with Crippen molar-refractivity contribution in [2.75, 3.05) is 52.5 Å². The standard InChI is InChI=1S/C17H29N3O4S/c21-16-17(5-2-7-18(16)13-15-3-1-4-15)6-8-20(14-17)25(22,23)19-9-11-24-12-10-19/h15H,1-14H2/t17-/m1/s1. The quantitative estimate of drug-likeness (QED) is 0.729. The van der Waals surface area contributed by atoms with Crippen LogP contribution in [-0.2, 0) is 19.7 Å². The van der Waals surface area contributed by atoms with Crippen molar-refractivity contribution in [3.63, 3.8) is 0 Å². The van der Waals surface area contributed by atoms with E-state index in [1.165, 1.54) is 23.6 Å². The Morgan fingerprint density at radius 1 is 1.00 bits per heavy atom. The number of nitrogens with zero attached hydrogens (tertiary/aromatic N) is 3. The Morgan fingerprint density at radius 3 is 2.44 bits per heavy atom. The average molecular weight is 372 g/mol. The Hall–Kier alpha value is -0.700. The second-order valence-electron chi connectivity index (χ2n) is 8.03. The van der Waals surface area contributed by atoms with Crippen molar-refractivity contribution >= 4 is 16.1 Å². The maximum atomic E-state index is 13.1. The van der Waals surface area contributed by atoms with E-state index in [1.807, 2.05) is 4.90 Å². The number of piperidine rings is 1. The fraction of sp³-hybridized carbons (Fsp3) is 0.941. The molecule has 1 atom stereocenters. The molecule has 0 bridgehead atoms. The molecule has 25 heavy (non-hydrogen) atoms. The van der Waals surface area contributed by atoms with E-state index in [2.05, 4.69) is 0 Å². The Morgan fingerprint density at radius 2 is 1.76 bits per heavy atom. The minimum Gasteiger partial charge on any atom is -0.379 e. The fourth-order valence-electron chi connectivity index (χ4n) is 4.66. The van der Waals surface area contributed by atoms with E-state index in [0.717, 1.165) is 25.9 Å². The highest BCUT2D eigenvalue weighted by molar-refractivity contribution is 7.86. The van der Waals surface area contributed by atoms with Crippen molar-refractivity contribution in [3.05, 3.63) is 0 Å². The lowest BCUT2D eigenvalue weighted by molar-refractivity contribution is -0.146. The van der Waals surface area contributed by atoms with E-state index in [0.29, 0.717) is 51.7 Å². The first-order valence-electron chi connectivity index (χ1n) is 9.64. The number of amides is 1. The molecule has 4 aliphatic rings. The van der Waals surface area contributed by atoms with Gasteiger partial charge in [-0.2, -0.15) is 17.0 Å². The number of carbonyl (C=O) groups excluding carboxylic acids is 1. The van der Waals surface area contributed by atoms with Gasteiger partial charge in [0, 0.05) is 39.3 Å². The lowest BCUT2D eigenvalue weighted by atomic mass is 9.77. The number of likely N-dealkylation sites (tertiary alicyclic amines) is 1. The molecule has 0 unspecified atom stereocenters. The Bertz CT molecular complexity index is 615. The molecule has 1 aliphatic carbocycles. The molecular weight excluding hydrogens is 342 g/mol. The zero-order chi connectivity index (χ0) is 17.5. The largest absolute Gasteiger partial charge is 0.379 e. The van der Waals surface area contributed by atoms with Crippen LogP contribution in [-0.4, -0.2) is 80.3 Å². The summed E-state index contributed by atoms with van der Waals surface area (Å²) in [5, 5.41) is 0. The van der Waals surface area contributed by atoms with Crippen LogP contribution < -0.4 is 0 Å². The van der Waals surface area contributed by atoms with Gasteiger partial charge in [-0.25, -0.2) is 0 Å². The number of hydrogen-bond donors (Lipinski definition) is 0. The molecule has 0 N–H and O–H groups in total. The van der Waals surface area contributed by atoms with Crippen LogP contribution >= 0.6 is 0 Å². The van der Waals surface area contributed by atoms with Crippen molar-refractivity contribution in [3.8, 4) is 0 Å². The molecule has 0 aromatic carbocycles. The fourth-order valence-corrected chi connectivity index (χ4v) is 6.33. The maximum absolute atomic E-state index is 13.1. The molecule has 0 aromatic rings. The first-order chi connectivity index (χ1) is 12.0. The third-order valence-electron chi connectivity index (χ3n) is 6.47. The van der Waals surface area contributed by atoms with Gasteiger partial charge in [0.2, 0.25) is 5.91 Å². The minimum absolute atomic E-state index is 0.199. The van der Waals surface area contributed by atoms with Crippen molar-refractivity contribution in [1.29, 1.82) is 0 Å². The van der Waals surface area contributed by atoms with Crippen LogP contribution in [0.4, 0.5) is 0 Å². The molecule has 0 radical (unpaired) electrons. The van der Waals surface area contributed by atoms with Crippen LogP contribution in [0.25, 0.3) is 0 Å². The summed E-state index contributed by atoms with van der Waals surface area (Å²) in [7, 11) is -3.48. The summed E-state index contributed by atoms with van der Waals surface area (Å²) in [4.78, 5) is 15.2. The molecule has 1 spiro atoms. The van der Waals surface area contributed by atoms with Crippen LogP contribution in [0.5, 0.6) is 0 Å². The number of hydrogen-bond acceptors (Lipinski definition) is 4. The summed E-state index contributed by atoms with van der Waals surface area (Å²) in [6, 6.07) is 0. The Kier molecular flexibility index (Phi) is 4.81. The second kappa shape index (κ2) is 6.79. The van der Waals surface area contributed by atoms with E-state index < -0.39 is 15.6 Å². The minimum atomic E-state index is -3.48. The van der Waals surface area contributed by atoms with E-state index in [9.17, 15) is 13.2 Å². The highest BCUT2D eigenvalue weighted by Gasteiger charge is 2.52. The van der Waals surface area contributed by atoms with Crippen LogP contribution in [0.15, 0.2) is 0 Å². The summed E-state index contributed by atoms with van der Waals surface area (Å²) >= 11 is 0. The van der Waals surface area contributed by atoms with Gasteiger partial charge in [0.05, 0.1) is 18.6 Å². The molecule has 142 valence electrons. The monoisotopic (exact) mass is 371 g/mol. The molecule has 7 nitrogen and oxygen atoms in total. The van der Waals surface area contributed by atoms with Crippen LogP contribution in [0.3, 0.4) is 0 Å². The molecule has 4 rings (SSSR count). The molecule has 0 aromatic heterocycles. The third-order valence-corrected chi connectivity index (χ3v) is 8.45. The molecule has 1 saturated carbocycles. The lowest BCUT2D eigenvalue weighted by Gasteiger charge is -2.42. The van der Waals surface area contributed by atoms with Gasteiger partial charge >= 0.3 is 0 Å². The third kappa shape index (κ3) is 3.22. The van der Waals surface area contributed by atoms with Gasteiger partial charge in [-0.15, -0.1) is 0 Å². The first kappa shape index (κ1) is 17.7. The molecule has 3 heterocycles. The zero-order valence-corrected chi connectivity index (χ0v) is 15.7. The number of carbonyl (C=O) groups is 1. The van der Waals surface area contributed by atoms with Crippen LogP contribution in [0, 0.1) is 11.3 Å². The van der Waals surface area contributed by atoms with Gasteiger partial charge < -0.3 is 9.64 Å². The highest BCUT2D eigenvalue weighted by atomic mass is 32.2. The molecule has 8 heteroatoms. The van der Waals surface area contributed by atoms with Crippen molar-refractivity contribution in [2.24, 2.45) is 11.3 Å². The summed E-state index contributed by atoms with van der Waals surface area (Å²) in [5.74, 6) is 0.860. The molecule has 3 saturated heterocycles. The molecule has 4 fully saturated rings. The van der Waals surface area contributed by atoms with Gasteiger partial charge in [-0.05, 0) is 38.0 Å². The summed E-state index contributed by atoms with van der Waals surface area (Å²) in [5.41, 5.74) is -0.485. The van der Waals surface area contributed by atoms with Gasteiger partial charge in [-0.3, -0.25) is 4.79 Å². The number of ether oxygens (including phenoxy) is 1. The van der Waals surface area contributed by atoms with E-state index in [4.69, 9.17) is 4.74 Å². The average Bonchev–Trinajstić information content (AvgIpc) is 3.01. The second-order valence-corrected chi connectivity index (χ2v) is 9.96. The first-order valence-corrected chi connectivity index (χ1v) is 11.0. The van der Waals surface area contributed by atoms with Crippen LogP contribution in [0.1, 0.15) is 38.5 Å². The summed E-state index contributed by atoms with van der Waals surface area (Å²) < 4.78 is 34.1. The summed E-state index contributed by atoms with van der Waals surface area (Å²) in [6.07, 6.45) is 6.22.